The van der Waals surface area contributed by atoms with Crippen LogP contribution in [0.25, 0.3) is 22.5 Å². The lowest BCUT2D eigenvalue weighted by Gasteiger charge is -2.30. The van der Waals surface area contributed by atoms with Crippen LogP contribution in [0.2, 0.25) is 0 Å². The minimum Gasteiger partial charge on any atom is -0.467 e. The van der Waals surface area contributed by atoms with Crippen LogP contribution in [0.1, 0.15) is 43.4 Å². The monoisotopic (exact) mass is 483 g/mol. The number of rotatable bonds is 10. The van der Waals surface area contributed by atoms with Crippen LogP contribution in [0, 0.1) is 0 Å². The van der Waals surface area contributed by atoms with E-state index >= 15 is 0 Å². The number of tetrazole rings is 1. The molecule has 0 spiro atoms. The van der Waals surface area contributed by atoms with Gasteiger partial charge >= 0.3 is 5.97 Å². The van der Waals surface area contributed by atoms with E-state index in [-0.39, 0.29) is 12.5 Å². The van der Waals surface area contributed by atoms with Crippen molar-refractivity contribution >= 4 is 11.9 Å². The van der Waals surface area contributed by atoms with Gasteiger partial charge in [0.2, 0.25) is 11.7 Å². The van der Waals surface area contributed by atoms with E-state index in [1.165, 1.54) is 7.11 Å². The van der Waals surface area contributed by atoms with E-state index in [2.05, 4.69) is 20.6 Å². The quantitative estimate of drug-likeness (QED) is 0.320. The summed E-state index contributed by atoms with van der Waals surface area (Å²) in [5.74, 6) is -0.0227. The highest BCUT2D eigenvalue weighted by Crippen LogP contribution is 2.31. The Bertz CT molecular complexity index is 1270. The van der Waals surface area contributed by atoms with Gasteiger partial charge in [-0.3, -0.25) is 4.79 Å². The summed E-state index contributed by atoms with van der Waals surface area (Å²) in [6.45, 7) is 2.32. The highest BCUT2D eigenvalue weighted by molar-refractivity contribution is 5.86. The molecule has 0 bridgehead atoms. The number of ether oxygens (including phenoxy) is 1. The Morgan fingerprint density at radius 2 is 1.64 bits per heavy atom. The maximum Gasteiger partial charge on any atom is 0.333 e. The Morgan fingerprint density at radius 3 is 2.28 bits per heavy atom. The molecule has 0 saturated carbocycles. The number of nitrogens with zero attached hydrogens (tertiary/aromatic N) is 4. The SMILES string of the molecule is CCCCC(=O)N(Cc1ccc(-c2ccccc2-c2nn[nH]n2)cc1)C(C(=O)OC)c1ccccc1. The van der Waals surface area contributed by atoms with Crippen molar-refractivity contribution in [2.75, 3.05) is 7.11 Å². The second-order valence-electron chi connectivity index (χ2n) is 8.44. The van der Waals surface area contributed by atoms with Crippen molar-refractivity contribution in [1.29, 1.82) is 0 Å². The number of carbonyl (C=O) groups is 2. The Labute approximate surface area is 210 Å². The molecule has 0 saturated heterocycles. The van der Waals surface area contributed by atoms with Gasteiger partial charge in [-0.05, 0) is 33.9 Å². The van der Waals surface area contributed by atoms with E-state index in [0.717, 1.165) is 40.7 Å². The predicted octanol–water partition coefficient (Wildman–Crippen LogP) is 4.97. The van der Waals surface area contributed by atoms with E-state index in [9.17, 15) is 9.59 Å². The third-order valence-corrected chi connectivity index (χ3v) is 6.05. The third-order valence-electron chi connectivity index (χ3n) is 6.05. The van der Waals surface area contributed by atoms with Gasteiger partial charge in [0.25, 0.3) is 0 Å². The summed E-state index contributed by atoms with van der Waals surface area (Å²) in [5.41, 5.74) is 4.45. The molecule has 0 aliphatic heterocycles. The Morgan fingerprint density at radius 1 is 0.944 bits per heavy atom. The molecule has 3 aromatic carbocycles. The largest absolute Gasteiger partial charge is 0.467 e. The van der Waals surface area contributed by atoms with Crippen molar-refractivity contribution in [2.24, 2.45) is 0 Å². The van der Waals surface area contributed by atoms with Crippen molar-refractivity contribution in [1.82, 2.24) is 25.5 Å². The van der Waals surface area contributed by atoms with Crippen LogP contribution >= 0.6 is 0 Å². The molecule has 0 aliphatic rings. The number of methoxy groups -OCH3 is 1. The molecule has 4 rings (SSSR count). The number of amides is 1. The normalized spacial score (nSPS) is 11.6. The second-order valence-corrected chi connectivity index (χ2v) is 8.44. The zero-order valence-corrected chi connectivity index (χ0v) is 20.4. The molecule has 184 valence electrons. The summed E-state index contributed by atoms with van der Waals surface area (Å²) in [6, 6.07) is 24.3. The van der Waals surface area contributed by atoms with Crippen molar-refractivity contribution in [2.45, 2.75) is 38.8 Å². The van der Waals surface area contributed by atoms with Gasteiger partial charge in [-0.2, -0.15) is 5.21 Å². The fourth-order valence-electron chi connectivity index (χ4n) is 4.18. The first kappa shape index (κ1) is 24.8. The van der Waals surface area contributed by atoms with Crippen LogP contribution in [0.5, 0.6) is 0 Å². The van der Waals surface area contributed by atoms with Gasteiger partial charge in [0.15, 0.2) is 6.04 Å². The summed E-state index contributed by atoms with van der Waals surface area (Å²) in [7, 11) is 1.35. The van der Waals surface area contributed by atoms with Crippen molar-refractivity contribution in [3.63, 3.8) is 0 Å². The molecule has 36 heavy (non-hydrogen) atoms. The fraction of sp³-hybridized carbons (Fsp3) is 0.250. The van der Waals surface area contributed by atoms with Gasteiger partial charge in [0.1, 0.15) is 0 Å². The average Bonchev–Trinajstić information content (AvgIpc) is 3.47. The van der Waals surface area contributed by atoms with E-state index in [1.807, 2.05) is 85.8 Å². The third kappa shape index (κ3) is 5.66. The van der Waals surface area contributed by atoms with Gasteiger partial charge in [0.05, 0.1) is 7.11 Å². The lowest BCUT2D eigenvalue weighted by atomic mass is 9.97. The Balaban J connectivity index is 1.65. The number of unbranched alkanes of at least 4 members (excludes halogenated alkanes) is 1. The topological polar surface area (TPSA) is 101 Å². The molecule has 0 radical (unpaired) electrons. The molecule has 1 heterocycles. The Kier molecular flexibility index (Phi) is 8.18. The maximum atomic E-state index is 13.3. The number of aromatic nitrogens is 4. The van der Waals surface area contributed by atoms with Crippen LogP contribution in [0.15, 0.2) is 78.9 Å². The molecule has 4 aromatic rings. The minimum absolute atomic E-state index is 0.0809. The molecule has 1 unspecified atom stereocenters. The summed E-state index contributed by atoms with van der Waals surface area (Å²) in [5, 5.41) is 14.4. The number of hydrogen-bond acceptors (Lipinski definition) is 6. The van der Waals surface area contributed by atoms with E-state index in [1.54, 1.807) is 4.90 Å². The molecule has 0 fully saturated rings. The number of aromatic amines is 1. The van der Waals surface area contributed by atoms with E-state index in [4.69, 9.17) is 4.74 Å². The smallest absolute Gasteiger partial charge is 0.333 e. The fourth-order valence-corrected chi connectivity index (χ4v) is 4.18. The predicted molar refractivity (Wildman–Crippen MR) is 136 cm³/mol. The number of carbonyl (C=O) groups excluding carboxylic acids is 2. The van der Waals surface area contributed by atoms with Crippen molar-refractivity contribution in [3.05, 3.63) is 90.0 Å². The zero-order valence-electron chi connectivity index (χ0n) is 20.4. The molecule has 0 aliphatic carbocycles. The van der Waals surface area contributed by atoms with Crippen LogP contribution in [-0.4, -0.2) is 44.5 Å². The van der Waals surface area contributed by atoms with Gasteiger partial charge in [-0.15, -0.1) is 10.2 Å². The molecule has 8 heteroatoms. The first-order chi connectivity index (χ1) is 17.6. The zero-order chi connectivity index (χ0) is 25.3. The first-order valence-corrected chi connectivity index (χ1v) is 12.0. The lowest BCUT2D eigenvalue weighted by Crippen LogP contribution is -2.39. The average molecular weight is 484 g/mol. The minimum atomic E-state index is -0.820. The van der Waals surface area contributed by atoms with E-state index in [0.29, 0.717) is 12.2 Å². The molecule has 1 aromatic heterocycles. The highest BCUT2D eigenvalue weighted by Gasteiger charge is 2.32. The van der Waals surface area contributed by atoms with Gasteiger partial charge in [-0.25, -0.2) is 4.79 Å². The molecule has 1 atom stereocenters. The van der Waals surface area contributed by atoms with Gasteiger partial charge in [0, 0.05) is 18.5 Å². The summed E-state index contributed by atoms with van der Waals surface area (Å²) >= 11 is 0. The van der Waals surface area contributed by atoms with Crippen LogP contribution in [0.4, 0.5) is 0 Å². The number of nitrogens with one attached hydrogen (secondary N) is 1. The second kappa shape index (κ2) is 11.9. The summed E-state index contributed by atoms with van der Waals surface area (Å²) < 4.78 is 5.11. The van der Waals surface area contributed by atoms with Gasteiger partial charge < -0.3 is 9.64 Å². The summed E-state index contributed by atoms with van der Waals surface area (Å²) in [6.07, 6.45) is 2.01. The molecular formula is C28H29N5O3. The number of benzene rings is 3. The van der Waals surface area contributed by atoms with Crippen LogP contribution < -0.4 is 0 Å². The van der Waals surface area contributed by atoms with Gasteiger partial charge in [-0.1, -0.05) is 92.2 Å². The molecule has 1 amide bonds. The lowest BCUT2D eigenvalue weighted by molar-refractivity contribution is -0.154. The number of H-pyrrole nitrogens is 1. The molecule has 8 nitrogen and oxygen atoms in total. The highest BCUT2D eigenvalue weighted by atomic mass is 16.5. The molecule has 1 N–H and O–H groups in total. The summed E-state index contributed by atoms with van der Waals surface area (Å²) in [4.78, 5) is 27.8. The Hall–Kier alpha value is -4.33. The molecular weight excluding hydrogens is 454 g/mol. The number of hydrogen-bond donors (Lipinski definition) is 1. The van der Waals surface area contributed by atoms with Crippen LogP contribution in [-0.2, 0) is 20.9 Å². The first-order valence-electron chi connectivity index (χ1n) is 12.0. The van der Waals surface area contributed by atoms with Crippen molar-refractivity contribution < 1.29 is 14.3 Å². The maximum absolute atomic E-state index is 13.3. The number of esters is 1. The van der Waals surface area contributed by atoms with Crippen molar-refractivity contribution in [3.8, 4) is 22.5 Å². The van der Waals surface area contributed by atoms with Crippen LogP contribution in [0.3, 0.4) is 0 Å². The standard InChI is InChI=1S/C28H29N5O3/c1-3-4-14-25(34)33(26(28(35)36-2)22-10-6-5-7-11-22)19-20-15-17-21(18-16-20)23-12-8-9-13-24(23)27-29-31-32-30-27/h5-13,15-18,26H,3-4,14,19H2,1-2H3,(H,29,30,31,32). The van der Waals surface area contributed by atoms with E-state index < -0.39 is 12.0 Å².